The molecular formula is C14H16ClN3O. The molecule has 19 heavy (non-hydrogen) atoms. The lowest BCUT2D eigenvalue weighted by Crippen LogP contribution is -2.22. The third kappa shape index (κ3) is 3.58. The first kappa shape index (κ1) is 13.6. The van der Waals surface area contributed by atoms with E-state index in [4.69, 9.17) is 11.6 Å². The van der Waals surface area contributed by atoms with E-state index < -0.39 is 0 Å². The van der Waals surface area contributed by atoms with Gasteiger partial charge in [-0.3, -0.25) is 4.79 Å². The van der Waals surface area contributed by atoms with Gasteiger partial charge in [0.25, 0.3) is 5.56 Å². The quantitative estimate of drug-likeness (QED) is 0.913. The molecule has 2 aromatic rings. The summed E-state index contributed by atoms with van der Waals surface area (Å²) < 4.78 is 0. The van der Waals surface area contributed by atoms with Gasteiger partial charge in [0.15, 0.2) is 0 Å². The van der Waals surface area contributed by atoms with Gasteiger partial charge in [0.05, 0.1) is 11.9 Å². The maximum atomic E-state index is 11.4. The SMILES string of the molecule is CN(CCCc1ccccc1)c1cn[nH]c(=O)c1Cl. The first-order chi connectivity index (χ1) is 9.18. The van der Waals surface area contributed by atoms with E-state index in [1.54, 1.807) is 6.20 Å². The predicted molar refractivity (Wildman–Crippen MR) is 77.9 cm³/mol. The summed E-state index contributed by atoms with van der Waals surface area (Å²) in [6, 6.07) is 10.3. The molecule has 0 aliphatic carbocycles. The van der Waals surface area contributed by atoms with E-state index in [-0.39, 0.29) is 10.6 Å². The number of aromatic amines is 1. The van der Waals surface area contributed by atoms with Crippen molar-refractivity contribution in [3.05, 3.63) is 57.5 Å². The molecule has 4 nitrogen and oxygen atoms in total. The fourth-order valence-electron chi connectivity index (χ4n) is 1.93. The number of H-pyrrole nitrogens is 1. The summed E-state index contributed by atoms with van der Waals surface area (Å²) in [6.45, 7) is 0.819. The van der Waals surface area contributed by atoms with Gasteiger partial charge in [-0.1, -0.05) is 41.9 Å². The predicted octanol–water partition coefficient (Wildman–Crippen LogP) is 2.49. The highest BCUT2D eigenvalue weighted by atomic mass is 35.5. The van der Waals surface area contributed by atoms with Gasteiger partial charge in [-0.15, -0.1) is 0 Å². The van der Waals surface area contributed by atoms with Crippen molar-refractivity contribution >= 4 is 17.3 Å². The van der Waals surface area contributed by atoms with Gasteiger partial charge in [0, 0.05) is 13.6 Å². The van der Waals surface area contributed by atoms with Crippen molar-refractivity contribution in [2.75, 3.05) is 18.5 Å². The van der Waals surface area contributed by atoms with Crippen molar-refractivity contribution in [3.63, 3.8) is 0 Å². The summed E-state index contributed by atoms with van der Waals surface area (Å²) >= 11 is 5.96. The molecule has 2 rings (SSSR count). The van der Waals surface area contributed by atoms with Crippen LogP contribution in [0, 0.1) is 0 Å². The van der Waals surface area contributed by atoms with E-state index >= 15 is 0 Å². The molecule has 100 valence electrons. The highest BCUT2D eigenvalue weighted by molar-refractivity contribution is 6.32. The normalized spacial score (nSPS) is 10.4. The minimum Gasteiger partial charge on any atom is -0.372 e. The van der Waals surface area contributed by atoms with Gasteiger partial charge in [0.1, 0.15) is 5.02 Å². The molecular weight excluding hydrogens is 262 g/mol. The van der Waals surface area contributed by atoms with Crippen LogP contribution in [0.1, 0.15) is 12.0 Å². The Labute approximate surface area is 117 Å². The Bertz CT molecular complexity index is 583. The van der Waals surface area contributed by atoms with Crippen molar-refractivity contribution in [2.45, 2.75) is 12.8 Å². The highest BCUT2D eigenvalue weighted by Gasteiger charge is 2.09. The van der Waals surface area contributed by atoms with Crippen LogP contribution in [0.25, 0.3) is 0 Å². The summed E-state index contributed by atoms with van der Waals surface area (Å²) in [5.41, 5.74) is 1.62. The third-order valence-electron chi connectivity index (χ3n) is 2.99. The van der Waals surface area contributed by atoms with Gasteiger partial charge in [-0.2, -0.15) is 5.10 Å². The van der Waals surface area contributed by atoms with E-state index in [0.717, 1.165) is 19.4 Å². The zero-order chi connectivity index (χ0) is 13.7. The van der Waals surface area contributed by atoms with E-state index in [1.165, 1.54) is 5.56 Å². The molecule has 0 amide bonds. The molecule has 0 saturated heterocycles. The van der Waals surface area contributed by atoms with Crippen LogP contribution in [-0.2, 0) is 6.42 Å². The number of hydrogen-bond donors (Lipinski definition) is 1. The largest absolute Gasteiger partial charge is 0.372 e. The third-order valence-corrected chi connectivity index (χ3v) is 3.36. The van der Waals surface area contributed by atoms with Crippen LogP contribution in [0.5, 0.6) is 0 Å². The number of nitrogens with one attached hydrogen (secondary N) is 1. The van der Waals surface area contributed by atoms with Crippen LogP contribution in [0.3, 0.4) is 0 Å². The average Bonchev–Trinajstić information content (AvgIpc) is 2.43. The zero-order valence-electron chi connectivity index (χ0n) is 10.8. The van der Waals surface area contributed by atoms with Gasteiger partial charge in [-0.25, -0.2) is 5.10 Å². The standard InChI is InChI=1S/C14H16ClN3O/c1-18(12-10-16-17-14(19)13(12)15)9-5-8-11-6-3-2-4-7-11/h2-4,6-7,10H,5,8-9H2,1H3,(H,17,19). The van der Waals surface area contributed by atoms with Crippen LogP contribution in [-0.4, -0.2) is 23.8 Å². The zero-order valence-corrected chi connectivity index (χ0v) is 11.5. The Morgan fingerprint density at radius 1 is 1.32 bits per heavy atom. The van der Waals surface area contributed by atoms with Crippen LogP contribution >= 0.6 is 11.6 Å². The summed E-state index contributed by atoms with van der Waals surface area (Å²) in [4.78, 5) is 13.3. The van der Waals surface area contributed by atoms with E-state index in [1.807, 2.05) is 30.1 Å². The lowest BCUT2D eigenvalue weighted by molar-refractivity contribution is 0.781. The Morgan fingerprint density at radius 3 is 2.79 bits per heavy atom. The van der Waals surface area contributed by atoms with Crippen LogP contribution in [0.2, 0.25) is 5.02 Å². The van der Waals surface area contributed by atoms with E-state index in [0.29, 0.717) is 5.69 Å². The van der Waals surface area contributed by atoms with E-state index in [9.17, 15) is 4.79 Å². The molecule has 0 saturated carbocycles. The van der Waals surface area contributed by atoms with Crippen LogP contribution < -0.4 is 10.5 Å². The maximum Gasteiger partial charge on any atom is 0.285 e. The summed E-state index contributed by atoms with van der Waals surface area (Å²) in [5, 5.41) is 6.27. The number of hydrogen-bond acceptors (Lipinski definition) is 3. The number of halogens is 1. The Hall–Kier alpha value is -1.81. The number of anilines is 1. The molecule has 0 spiro atoms. The average molecular weight is 278 g/mol. The van der Waals surface area contributed by atoms with Crippen molar-refractivity contribution in [1.82, 2.24) is 10.2 Å². The summed E-state index contributed by atoms with van der Waals surface area (Å²) in [5.74, 6) is 0. The fraction of sp³-hybridized carbons (Fsp3) is 0.286. The number of aromatic nitrogens is 2. The molecule has 0 fully saturated rings. The number of aryl methyl sites for hydroxylation is 1. The van der Waals surface area contributed by atoms with Gasteiger partial charge < -0.3 is 4.90 Å². The molecule has 0 atom stereocenters. The molecule has 0 unspecified atom stereocenters. The number of benzene rings is 1. The topological polar surface area (TPSA) is 49.0 Å². The molecule has 0 aliphatic rings. The molecule has 5 heteroatoms. The van der Waals surface area contributed by atoms with Gasteiger partial charge in [0.2, 0.25) is 0 Å². The molecule has 1 aromatic carbocycles. The second-order valence-electron chi connectivity index (χ2n) is 4.41. The summed E-state index contributed by atoms with van der Waals surface area (Å²) in [7, 11) is 1.91. The first-order valence-corrected chi connectivity index (χ1v) is 6.54. The Kier molecular flexibility index (Phi) is 4.58. The number of nitrogens with zero attached hydrogens (tertiary/aromatic N) is 2. The van der Waals surface area contributed by atoms with Crippen molar-refractivity contribution in [3.8, 4) is 0 Å². The molecule has 1 heterocycles. The number of rotatable bonds is 5. The molecule has 0 bridgehead atoms. The molecule has 0 radical (unpaired) electrons. The monoisotopic (exact) mass is 277 g/mol. The van der Waals surface area contributed by atoms with Crippen molar-refractivity contribution < 1.29 is 0 Å². The second-order valence-corrected chi connectivity index (χ2v) is 4.79. The summed E-state index contributed by atoms with van der Waals surface area (Å²) in [6.07, 6.45) is 3.56. The minimum atomic E-state index is -0.353. The van der Waals surface area contributed by atoms with Crippen LogP contribution in [0.15, 0.2) is 41.3 Å². The van der Waals surface area contributed by atoms with Crippen LogP contribution in [0.4, 0.5) is 5.69 Å². The second kappa shape index (κ2) is 6.38. The van der Waals surface area contributed by atoms with Crippen molar-refractivity contribution in [1.29, 1.82) is 0 Å². The lowest BCUT2D eigenvalue weighted by Gasteiger charge is -2.19. The molecule has 1 N–H and O–H groups in total. The van der Waals surface area contributed by atoms with Crippen molar-refractivity contribution in [2.24, 2.45) is 0 Å². The van der Waals surface area contributed by atoms with Gasteiger partial charge in [-0.05, 0) is 18.4 Å². The smallest absolute Gasteiger partial charge is 0.285 e. The molecule has 0 aliphatic heterocycles. The first-order valence-electron chi connectivity index (χ1n) is 6.16. The fourth-order valence-corrected chi connectivity index (χ4v) is 2.16. The molecule has 1 aromatic heterocycles. The van der Waals surface area contributed by atoms with Gasteiger partial charge >= 0.3 is 0 Å². The Balaban J connectivity index is 1.93. The highest BCUT2D eigenvalue weighted by Crippen LogP contribution is 2.19. The van der Waals surface area contributed by atoms with E-state index in [2.05, 4.69) is 22.3 Å². The maximum absolute atomic E-state index is 11.4. The Morgan fingerprint density at radius 2 is 2.05 bits per heavy atom. The minimum absolute atomic E-state index is 0.192. The lowest BCUT2D eigenvalue weighted by atomic mass is 10.1.